The molecule has 1 unspecified atom stereocenters. The van der Waals surface area contributed by atoms with E-state index >= 15 is 0 Å². The number of ether oxygens (including phenoxy) is 1. The van der Waals surface area contributed by atoms with Crippen molar-refractivity contribution in [3.05, 3.63) is 61.8 Å². The maximum atomic E-state index is 12.2. The molecule has 2 heterocycles. The molecule has 3 rings (SSSR count). The van der Waals surface area contributed by atoms with Crippen LogP contribution in [-0.2, 0) is 11.3 Å². The number of nitrogens with zero attached hydrogens (tertiary/aromatic N) is 2. The van der Waals surface area contributed by atoms with Gasteiger partial charge in [0, 0.05) is 0 Å². The van der Waals surface area contributed by atoms with Gasteiger partial charge in [-0.05, 0) is 12.1 Å². The van der Waals surface area contributed by atoms with Gasteiger partial charge in [0.2, 0.25) is 0 Å². The number of aromatic nitrogens is 3. The molecule has 0 aliphatic carbocycles. The molecule has 98 valence electrons. The van der Waals surface area contributed by atoms with Gasteiger partial charge in [-0.1, -0.05) is 18.2 Å². The normalized spacial score (nSPS) is 17.4. The second-order valence-electron chi connectivity index (χ2n) is 4.25. The average Bonchev–Trinajstić information content (AvgIpc) is 3.19. The number of nitrogens with one attached hydrogen (secondary N) is 1. The Morgan fingerprint density at radius 2 is 1.84 bits per heavy atom. The smallest absolute Gasteiger partial charge is 0.341 e. The minimum Gasteiger partial charge on any atom is -0.371 e. The molecule has 1 saturated heterocycles. The van der Waals surface area contributed by atoms with Crippen LogP contribution in [0.2, 0.25) is 0 Å². The number of rotatable bonds is 3. The van der Waals surface area contributed by atoms with Gasteiger partial charge in [0.05, 0.1) is 24.9 Å². The molecule has 1 aromatic carbocycles. The van der Waals surface area contributed by atoms with Gasteiger partial charge in [-0.3, -0.25) is 4.98 Å². The van der Waals surface area contributed by atoms with Crippen LogP contribution in [0.3, 0.4) is 0 Å². The van der Waals surface area contributed by atoms with Crippen LogP contribution in [0.4, 0.5) is 0 Å². The molecule has 1 aromatic heterocycles. The maximum absolute atomic E-state index is 12.2. The zero-order chi connectivity index (χ0) is 13.4. The molecule has 7 nitrogen and oxygen atoms in total. The Hall–Kier alpha value is -2.41. The SMILES string of the molecule is O=c1[nH]c(=O)n(-c2ccccc2)c(=O)n1CC1CO1. The third-order valence-electron chi connectivity index (χ3n) is 2.89. The van der Waals surface area contributed by atoms with E-state index in [1.165, 1.54) is 0 Å². The summed E-state index contributed by atoms with van der Waals surface area (Å²) in [7, 11) is 0. The minimum absolute atomic E-state index is 0.125. The second-order valence-corrected chi connectivity index (χ2v) is 4.25. The van der Waals surface area contributed by atoms with Gasteiger partial charge in [-0.15, -0.1) is 0 Å². The van der Waals surface area contributed by atoms with Gasteiger partial charge in [-0.25, -0.2) is 23.5 Å². The Morgan fingerprint density at radius 3 is 2.47 bits per heavy atom. The second kappa shape index (κ2) is 4.36. The van der Waals surface area contributed by atoms with Crippen LogP contribution in [0, 0.1) is 0 Å². The largest absolute Gasteiger partial charge is 0.371 e. The monoisotopic (exact) mass is 261 g/mol. The summed E-state index contributed by atoms with van der Waals surface area (Å²) in [4.78, 5) is 37.8. The lowest BCUT2D eigenvalue weighted by atomic mass is 10.3. The van der Waals surface area contributed by atoms with Crippen molar-refractivity contribution >= 4 is 0 Å². The highest BCUT2D eigenvalue weighted by Gasteiger charge is 2.25. The van der Waals surface area contributed by atoms with Crippen LogP contribution in [0.5, 0.6) is 0 Å². The fourth-order valence-corrected chi connectivity index (χ4v) is 1.85. The molecule has 7 heteroatoms. The van der Waals surface area contributed by atoms with Crippen molar-refractivity contribution in [3.63, 3.8) is 0 Å². The van der Waals surface area contributed by atoms with Crippen LogP contribution in [0.15, 0.2) is 44.7 Å². The maximum Gasteiger partial charge on any atom is 0.341 e. The third kappa shape index (κ3) is 2.15. The molecule has 1 aliphatic rings. The highest BCUT2D eigenvalue weighted by atomic mass is 16.6. The quantitative estimate of drug-likeness (QED) is 0.724. The molecule has 0 saturated carbocycles. The van der Waals surface area contributed by atoms with E-state index in [4.69, 9.17) is 4.74 Å². The van der Waals surface area contributed by atoms with E-state index in [0.717, 1.165) is 9.13 Å². The molecule has 0 amide bonds. The summed E-state index contributed by atoms with van der Waals surface area (Å²) >= 11 is 0. The van der Waals surface area contributed by atoms with Crippen molar-refractivity contribution in [2.75, 3.05) is 6.61 Å². The van der Waals surface area contributed by atoms with E-state index in [-0.39, 0.29) is 12.6 Å². The number of hydrogen-bond acceptors (Lipinski definition) is 4. The Morgan fingerprint density at radius 1 is 1.16 bits per heavy atom. The van der Waals surface area contributed by atoms with Crippen molar-refractivity contribution in [2.45, 2.75) is 12.6 Å². The first-order valence-electron chi connectivity index (χ1n) is 5.80. The molecule has 2 aromatic rings. The van der Waals surface area contributed by atoms with Crippen LogP contribution in [-0.4, -0.2) is 26.8 Å². The molecule has 0 bridgehead atoms. The molecule has 0 radical (unpaired) electrons. The molecule has 0 spiro atoms. The number of para-hydroxylation sites is 1. The first-order chi connectivity index (χ1) is 9.16. The number of hydrogen-bond donors (Lipinski definition) is 1. The first-order valence-corrected chi connectivity index (χ1v) is 5.80. The summed E-state index contributed by atoms with van der Waals surface area (Å²) in [6, 6.07) is 8.44. The van der Waals surface area contributed by atoms with Gasteiger partial charge in [0.15, 0.2) is 0 Å². The topological polar surface area (TPSA) is 89.4 Å². The lowest BCUT2D eigenvalue weighted by Crippen LogP contribution is -2.49. The molecule has 1 fully saturated rings. The van der Waals surface area contributed by atoms with Gasteiger partial charge >= 0.3 is 17.1 Å². The summed E-state index contributed by atoms with van der Waals surface area (Å²) < 4.78 is 6.91. The van der Waals surface area contributed by atoms with Crippen molar-refractivity contribution < 1.29 is 4.74 Å². The van der Waals surface area contributed by atoms with Crippen LogP contribution in [0.25, 0.3) is 5.69 Å². The summed E-state index contributed by atoms with van der Waals surface area (Å²) in [5, 5.41) is 0. The number of aromatic amines is 1. The van der Waals surface area contributed by atoms with Crippen molar-refractivity contribution in [1.82, 2.24) is 14.1 Å². The fraction of sp³-hybridized carbons (Fsp3) is 0.250. The highest BCUT2D eigenvalue weighted by Crippen LogP contribution is 2.09. The lowest BCUT2D eigenvalue weighted by Gasteiger charge is -2.07. The van der Waals surface area contributed by atoms with Crippen LogP contribution < -0.4 is 17.1 Å². The number of H-pyrrole nitrogens is 1. The number of epoxide rings is 1. The van der Waals surface area contributed by atoms with Gasteiger partial charge < -0.3 is 4.74 Å². The highest BCUT2D eigenvalue weighted by molar-refractivity contribution is 5.30. The predicted molar refractivity (Wildman–Crippen MR) is 66.7 cm³/mol. The van der Waals surface area contributed by atoms with Crippen molar-refractivity contribution in [2.24, 2.45) is 0 Å². The zero-order valence-electron chi connectivity index (χ0n) is 9.91. The van der Waals surface area contributed by atoms with Gasteiger partial charge in [0.1, 0.15) is 0 Å². The molecular weight excluding hydrogens is 250 g/mol. The summed E-state index contributed by atoms with van der Waals surface area (Å²) in [5.74, 6) is 0. The third-order valence-corrected chi connectivity index (χ3v) is 2.89. The minimum atomic E-state index is -0.742. The fourth-order valence-electron chi connectivity index (χ4n) is 1.85. The zero-order valence-corrected chi connectivity index (χ0v) is 9.91. The standard InChI is InChI=1S/C12H11N3O4/c16-10-13-11(17)15(8-4-2-1-3-5-8)12(18)14(10)6-9-7-19-9/h1-5,9H,6-7H2,(H,13,16,17). The Kier molecular flexibility index (Phi) is 2.68. The molecular formula is C12H11N3O4. The Bertz CT molecular complexity index is 768. The van der Waals surface area contributed by atoms with E-state index in [1.807, 2.05) is 0 Å². The van der Waals surface area contributed by atoms with Crippen molar-refractivity contribution in [1.29, 1.82) is 0 Å². The molecule has 1 atom stereocenters. The van der Waals surface area contributed by atoms with E-state index in [0.29, 0.717) is 12.3 Å². The summed E-state index contributed by atoms with van der Waals surface area (Å²) in [6.45, 7) is 0.678. The average molecular weight is 261 g/mol. The molecule has 1 N–H and O–H groups in total. The predicted octanol–water partition coefficient (Wildman–Crippen LogP) is -0.914. The molecule has 1 aliphatic heterocycles. The summed E-state index contributed by atoms with van der Waals surface area (Å²) in [5.41, 5.74) is -1.69. The lowest BCUT2D eigenvalue weighted by molar-refractivity contribution is 0.371. The Labute approximate surface area is 106 Å². The molecule has 19 heavy (non-hydrogen) atoms. The van der Waals surface area contributed by atoms with Crippen LogP contribution >= 0.6 is 0 Å². The first kappa shape index (κ1) is 11.7. The van der Waals surface area contributed by atoms with E-state index in [9.17, 15) is 14.4 Å². The van der Waals surface area contributed by atoms with Crippen molar-refractivity contribution in [3.8, 4) is 5.69 Å². The van der Waals surface area contributed by atoms with E-state index < -0.39 is 17.1 Å². The Balaban J connectivity index is 2.22. The van der Waals surface area contributed by atoms with Gasteiger partial charge in [0.25, 0.3) is 0 Å². The number of benzene rings is 1. The van der Waals surface area contributed by atoms with E-state index in [1.54, 1.807) is 30.3 Å². The summed E-state index contributed by atoms with van der Waals surface area (Å²) in [6.07, 6.45) is -0.125. The van der Waals surface area contributed by atoms with Gasteiger partial charge in [-0.2, -0.15) is 0 Å². The van der Waals surface area contributed by atoms with E-state index in [2.05, 4.69) is 4.98 Å². The van der Waals surface area contributed by atoms with Crippen LogP contribution in [0.1, 0.15) is 0 Å².